The molecule has 0 saturated carbocycles. The van der Waals surface area contributed by atoms with E-state index in [9.17, 15) is 24.2 Å². The summed E-state index contributed by atoms with van der Waals surface area (Å²) in [6, 6.07) is 0. The molecular formula is C48H78NO9P. The van der Waals surface area contributed by atoms with Crippen molar-refractivity contribution in [3.63, 3.8) is 0 Å². The summed E-state index contributed by atoms with van der Waals surface area (Å²) in [5.74, 6) is -1.01. The third-order valence-corrected chi connectivity index (χ3v) is 9.33. The van der Waals surface area contributed by atoms with Crippen molar-refractivity contribution in [1.29, 1.82) is 0 Å². The van der Waals surface area contributed by atoms with Gasteiger partial charge < -0.3 is 33.0 Å². The molecule has 0 aliphatic heterocycles. The van der Waals surface area contributed by atoms with Crippen LogP contribution in [0.4, 0.5) is 0 Å². The lowest BCUT2D eigenvalue weighted by Gasteiger charge is -2.28. The van der Waals surface area contributed by atoms with E-state index >= 15 is 0 Å². The Kier molecular flexibility index (Phi) is 36.6. The van der Waals surface area contributed by atoms with E-state index in [1.54, 1.807) is 6.08 Å². The number of rotatable bonds is 37. The summed E-state index contributed by atoms with van der Waals surface area (Å²) in [5.41, 5.74) is 0. The lowest BCUT2D eigenvalue weighted by atomic mass is 10.1. The molecule has 0 fully saturated rings. The number of allylic oxidation sites excluding steroid dienone is 16. The third-order valence-electron chi connectivity index (χ3n) is 8.37. The van der Waals surface area contributed by atoms with Gasteiger partial charge in [-0.05, 0) is 83.5 Å². The van der Waals surface area contributed by atoms with Crippen LogP contribution in [-0.4, -0.2) is 81.2 Å². The van der Waals surface area contributed by atoms with Crippen LogP contribution in [0.1, 0.15) is 123 Å². The first kappa shape index (κ1) is 55.6. The number of phosphoric acid groups is 1. The first-order valence-electron chi connectivity index (χ1n) is 21.7. The Morgan fingerprint density at radius 1 is 0.644 bits per heavy atom. The number of quaternary nitrogens is 1. The number of esters is 2. The van der Waals surface area contributed by atoms with E-state index in [2.05, 4.69) is 68.5 Å². The van der Waals surface area contributed by atoms with Gasteiger partial charge in [-0.1, -0.05) is 136 Å². The number of likely N-dealkylation sites (N-methyl/N-ethyl adjacent to an activating group) is 1. The van der Waals surface area contributed by atoms with E-state index in [1.165, 1.54) is 19.3 Å². The van der Waals surface area contributed by atoms with E-state index in [0.29, 0.717) is 36.7 Å². The summed E-state index contributed by atoms with van der Waals surface area (Å²) >= 11 is 0. The Bertz CT molecular complexity index is 1380. The highest BCUT2D eigenvalue weighted by atomic mass is 31.2. The van der Waals surface area contributed by atoms with Crippen molar-refractivity contribution in [2.75, 3.05) is 47.5 Å². The van der Waals surface area contributed by atoms with Gasteiger partial charge in [-0.15, -0.1) is 0 Å². The maximum atomic E-state index is 12.6. The van der Waals surface area contributed by atoms with Crippen LogP contribution in [0.3, 0.4) is 0 Å². The minimum Gasteiger partial charge on any atom is -0.756 e. The maximum absolute atomic E-state index is 12.6. The van der Waals surface area contributed by atoms with Crippen LogP contribution in [0.25, 0.3) is 0 Å². The number of nitrogens with zero attached hydrogens (tertiary/aromatic N) is 1. The fourth-order valence-electron chi connectivity index (χ4n) is 4.94. The quantitative estimate of drug-likeness (QED) is 0.0162. The second-order valence-electron chi connectivity index (χ2n) is 15.2. The molecule has 0 saturated heterocycles. The van der Waals surface area contributed by atoms with Crippen LogP contribution in [0.2, 0.25) is 0 Å². The Hall–Kier alpha value is -3.37. The van der Waals surface area contributed by atoms with Gasteiger partial charge in [0.05, 0.1) is 33.9 Å². The SMILES string of the molecule is CC/C=C\CC(O)/C=C/C=C/C/C=C\C/C=C\C/C=C\CCC(=O)O[C@H](COC(=O)CCCC/C=C\C/C=C\C/C=C\CCCCC)COP(=O)([O-])OCC[N+](C)(C)C. The number of aliphatic hydroxyl groups is 1. The molecule has 1 N–H and O–H groups in total. The Morgan fingerprint density at radius 2 is 1.20 bits per heavy atom. The van der Waals surface area contributed by atoms with Gasteiger partial charge in [0.25, 0.3) is 7.82 Å². The predicted octanol–water partition coefficient (Wildman–Crippen LogP) is 10.7. The van der Waals surface area contributed by atoms with Crippen LogP contribution in [0.5, 0.6) is 0 Å². The van der Waals surface area contributed by atoms with Gasteiger partial charge in [0.1, 0.15) is 19.8 Å². The molecule has 0 aromatic carbocycles. The van der Waals surface area contributed by atoms with E-state index < -0.39 is 38.6 Å². The minimum absolute atomic E-state index is 0.0642. The van der Waals surface area contributed by atoms with E-state index in [1.807, 2.05) is 69.8 Å². The number of aliphatic hydroxyl groups excluding tert-OH is 1. The molecule has 3 atom stereocenters. The van der Waals surface area contributed by atoms with Gasteiger partial charge >= 0.3 is 11.9 Å². The molecule has 0 radical (unpaired) electrons. The average Bonchev–Trinajstić information content (AvgIpc) is 3.18. The zero-order valence-corrected chi connectivity index (χ0v) is 37.9. The highest BCUT2D eigenvalue weighted by Crippen LogP contribution is 2.38. The second kappa shape index (κ2) is 38.8. The Balaban J connectivity index is 4.63. The molecule has 0 rings (SSSR count). The molecule has 0 aromatic heterocycles. The van der Waals surface area contributed by atoms with E-state index in [0.717, 1.165) is 51.4 Å². The summed E-state index contributed by atoms with van der Waals surface area (Å²) in [5, 5.41) is 9.85. The highest BCUT2D eigenvalue weighted by molar-refractivity contribution is 7.45. The minimum atomic E-state index is -4.67. The van der Waals surface area contributed by atoms with Crippen LogP contribution < -0.4 is 4.89 Å². The number of unbranched alkanes of at least 4 members (excludes halogenated alkanes) is 5. The van der Waals surface area contributed by atoms with Crippen molar-refractivity contribution in [2.24, 2.45) is 0 Å². The van der Waals surface area contributed by atoms with Gasteiger partial charge in [0.2, 0.25) is 0 Å². The lowest BCUT2D eigenvalue weighted by Crippen LogP contribution is -2.37. The monoisotopic (exact) mass is 844 g/mol. The summed E-state index contributed by atoms with van der Waals surface area (Å²) in [4.78, 5) is 37.5. The number of carbonyl (C=O) groups is 2. The molecule has 0 spiro atoms. The standard InChI is InChI=1S/C48H78NO9P/c1-6-8-10-11-12-13-14-15-16-19-22-25-28-31-35-39-47(51)55-43-46(44-57-59(53,54)56-42-41-49(3,4)5)58-48(52)40-36-32-29-26-23-20-17-18-21-24-27-30-34-38-45(50)37-33-9-7-2/h9,12-13,15-16,18,20-23,25,27,29-30,32-34,38,45-46,50H,6-8,10-11,14,17,19,24,26,28,31,35-37,39-44H2,1-5H3/b13-12-,16-15-,21-18-,23-20-,25-22-,30-27+,32-29-,33-9-,38-34+/t45?,46-/m1/s1. The zero-order chi connectivity index (χ0) is 43.7. The summed E-state index contributed by atoms with van der Waals surface area (Å²) in [7, 11) is 1.05. The van der Waals surface area contributed by atoms with Crippen molar-refractivity contribution in [1.82, 2.24) is 0 Å². The third kappa shape index (κ3) is 42.6. The summed E-state index contributed by atoms with van der Waals surface area (Å²) < 4.78 is 33.7. The summed E-state index contributed by atoms with van der Waals surface area (Å²) in [6.45, 7) is 3.81. The number of carbonyl (C=O) groups excluding carboxylic acids is 2. The molecule has 11 heteroatoms. The summed E-state index contributed by atoms with van der Waals surface area (Å²) in [6.07, 6.45) is 49.0. The smallest absolute Gasteiger partial charge is 0.306 e. The van der Waals surface area contributed by atoms with Crippen LogP contribution in [0, 0.1) is 0 Å². The van der Waals surface area contributed by atoms with Crippen molar-refractivity contribution >= 4 is 19.8 Å². The molecule has 0 bridgehead atoms. The van der Waals surface area contributed by atoms with Gasteiger partial charge in [0, 0.05) is 12.8 Å². The largest absolute Gasteiger partial charge is 0.756 e. The van der Waals surface area contributed by atoms with Crippen molar-refractivity contribution in [3.8, 4) is 0 Å². The molecule has 334 valence electrons. The molecule has 10 nitrogen and oxygen atoms in total. The maximum Gasteiger partial charge on any atom is 0.306 e. The van der Waals surface area contributed by atoms with Gasteiger partial charge in [-0.3, -0.25) is 14.2 Å². The first-order valence-corrected chi connectivity index (χ1v) is 23.2. The number of hydrogen-bond donors (Lipinski definition) is 1. The first-order chi connectivity index (χ1) is 28.4. The van der Waals surface area contributed by atoms with Crippen LogP contribution >= 0.6 is 7.82 Å². The van der Waals surface area contributed by atoms with Crippen molar-refractivity contribution in [3.05, 3.63) is 109 Å². The van der Waals surface area contributed by atoms with E-state index in [4.69, 9.17) is 18.5 Å². The van der Waals surface area contributed by atoms with E-state index in [-0.39, 0.29) is 26.1 Å². The van der Waals surface area contributed by atoms with Gasteiger partial charge in [-0.2, -0.15) is 0 Å². The Morgan fingerprint density at radius 3 is 1.78 bits per heavy atom. The van der Waals surface area contributed by atoms with Crippen molar-refractivity contribution in [2.45, 2.75) is 135 Å². The molecule has 0 aliphatic rings. The molecular weight excluding hydrogens is 766 g/mol. The molecule has 0 amide bonds. The average molecular weight is 844 g/mol. The topological polar surface area (TPSA) is 131 Å². The fraction of sp³-hybridized carbons (Fsp3) is 0.583. The second-order valence-corrected chi connectivity index (χ2v) is 16.6. The predicted molar refractivity (Wildman–Crippen MR) is 241 cm³/mol. The van der Waals surface area contributed by atoms with Crippen molar-refractivity contribution < 1.29 is 47.2 Å². The molecule has 2 unspecified atom stereocenters. The lowest BCUT2D eigenvalue weighted by molar-refractivity contribution is -0.870. The Labute approximate surface area is 358 Å². The normalized spacial score (nSPS) is 15.2. The number of ether oxygens (including phenoxy) is 2. The number of hydrogen-bond acceptors (Lipinski definition) is 9. The van der Waals surface area contributed by atoms with Crippen LogP contribution in [-0.2, 0) is 32.7 Å². The zero-order valence-electron chi connectivity index (χ0n) is 37.0. The highest BCUT2D eigenvalue weighted by Gasteiger charge is 2.21. The fourth-order valence-corrected chi connectivity index (χ4v) is 5.67. The molecule has 0 aliphatic carbocycles. The molecule has 0 heterocycles. The van der Waals surface area contributed by atoms with Gasteiger partial charge in [0.15, 0.2) is 6.10 Å². The molecule has 59 heavy (non-hydrogen) atoms. The number of phosphoric ester groups is 1. The molecule has 0 aromatic rings. The van der Waals surface area contributed by atoms with Gasteiger partial charge in [-0.25, -0.2) is 0 Å². The van der Waals surface area contributed by atoms with Crippen LogP contribution in [0.15, 0.2) is 109 Å².